The lowest BCUT2D eigenvalue weighted by Gasteiger charge is -2.17. The van der Waals surface area contributed by atoms with Crippen LogP contribution in [0.5, 0.6) is 0 Å². The number of hydrogen-bond acceptors (Lipinski definition) is 1. The molecule has 0 spiro atoms. The van der Waals surface area contributed by atoms with Crippen LogP contribution in [0.4, 0.5) is 0 Å². The van der Waals surface area contributed by atoms with Crippen molar-refractivity contribution in [3.05, 3.63) is 0 Å². The van der Waals surface area contributed by atoms with Crippen molar-refractivity contribution < 1.29 is 0 Å². The Morgan fingerprint density at radius 2 is 2.25 bits per heavy atom. The molecule has 2 atom stereocenters. The van der Waals surface area contributed by atoms with Crippen molar-refractivity contribution >= 4 is 0 Å². The maximum Gasteiger partial charge on any atom is -0.00199 e. The predicted octanol–water partition coefficient (Wildman–Crippen LogP) is 2.81. The smallest absolute Gasteiger partial charge is 0.00199 e. The van der Waals surface area contributed by atoms with Crippen LogP contribution in [-0.2, 0) is 0 Å². The fourth-order valence-corrected chi connectivity index (χ4v) is 2.28. The lowest BCUT2D eigenvalue weighted by Crippen LogP contribution is -2.12. The first-order valence-electron chi connectivity index (χ1n) is 5.57. The number of rotatable bonds is 5. The third-order valence-electron chi connectivity index (χ3n) is 3.10. The Balaban J connectivity index is 2.16. The normalized spacial score (nSPS) is 26.0. The largest absolute Gasteiger partial charge is 0.316 e. The average molecular weight is 169 g/mol. The summed E-state index contributed by atoms with van der Waals surface area (Å²) < 4.78 is 0. The molecule has 0 bridgehead atoms. The quantitative estimate of drug-likeness (QED) is 0.667. The van der Waals surface area contributed by atoms with Crippen LogP contribution >= 0.6 is 0 Å². The average Bonchev–Trinajstić information content (AvgIpc) is 2.56. The minimum absolute atomic E-state index is 0.987. The Morgan fingerprint density at radius 1 is 1.42 bits per heavy atom. The fourth-order valence-electron chi connectivity index (χ4n) is 2.28. The molecule has 0 amide bonds. The maximum atomic E-state index is 3.44. The summed E-state index contributed by atoms with van der Waals surface area (Å²) >= 11 is 0. The summed E-state index contributed by atoms with van der Waals surface area (Å²) in [5.74, 6) is 1.99. The molecule has 1 fully saturated rings. The van der Waals surface area contributed by atoms with Crippen molar-refractivity contribution in [1.82, 2.24) is 5.32 Å². The summed E-state index contributed by atoms with van der Waals surface area (Å²) in [4.78, 5) is 0. The Bertz CT molecular complexity index is 106. The molecule has 0 aromatic carbocycles. The van der Waals surface area contributed by atoms with Gasteiger partial charge in [0.25, 0.3) is 0 Å². The van der Waals surface area contributed by atoms with Gasteiger partial charge in [0, 0.05) is 0 Å². The van der Waals surface area contributed by atoms with Gasteiger partial charge in [-0.05, 0) is 37.8 Å². The molecule has 1 saturated heterocycles. The zero-order chi connectivity index (χ0) is 8.81. The van der Waals surface area contributed by atoms with Gasteiger partial charge in [-0.2, -0.15) is 0 Å². The first-order chi connectivity index (χ1) is 5.86. The van der Waals surface area contributed by atoms with Crippen molar-refractivity contribution in [1.29, 1.82) is 0 Å². The van der Waals surface area contributed by atoms with Crippen LogP contribution in [0.3, 0.4) is 0 Å². The SMILES string of the molecule is CCCC(CC)CC1CCNC1. The summed E-state index contributed by atoms with van der Waals surface area (Å²) in [7, 11) is 0. The maximum absolute atomic E-state index is 3.44. The van der Waals surface area contributed by atoms with E-state index in [4.69, 9.17) is 0 Å². The van der Waals surface area contributed by atoms with Crippen LogP contribution in [0, 0.1) is 11.8 Å². The van der Waals surface area contributed by atoms with Crippen LogP contribution in [-0.4, -0.2) is 13.1 Å². The topological polar surface area (TPSA) is 12.0 Å². The summed E-state index contributed by atoms with van der Waals surface area (Å²) in [6.07, 6.45) is 7.06. The first-order valence-corrected chi connectivity index (χ1v) is 5.57. The van der Waals surface area contributed by atoms with Crippen LogP contribution in [0.15, 0.2) is 0 Å². The molecule has 1 rings (SSSR count). The van der Waals surface area contributed by atoms with Gasteiger partial charge in [0.2, 0.25) is 0 Å². The van der Waals surface area contributed by atoms with Gasteiger partial charge in [0.05, 0.1) is 0 Å². The molecule has 12 heavy (non-hydrogen) atoms. The van der Waals surface area contributed by atoms with Gasteiger partial charge in [-0.15, -0.1) is 0 Å². The van der Waals surface area contributed by atoms with E-state index >= 15 is 0 Å². The van der Waals surface area contributed by atoms with Crippen molar-refractivity contribution in [2.45, 2.75) is 46.0 Å². The van der Waals surface area contributed by atoms with Crippen LogP contribution < -0.4 is 5.32 Å². The lowest BCUT2D eigenvalue weighted by molar-refractivity contribution is 0.357. The minimum atomic E-state index is 0.987. The second-order valence-corrected chi connectivity index (χ2v) is 4.16. The van der Waals surface area contributed by atoms with E-state index in [0.29, 0.717) is 0 Å². The molecule has 72 valence electrons. The fraction of sp³-hybridized carbons (Fsp3) is 1.00. The van der Waals surface area contributed by atoms with Gasteiger partial charge in [0.15, 0.2) is 0 Å². The van der Waals surface area contributed by atoms with E-state index in [1.807, 2.05) is 0 Å². The molecule has 2 unspecified atom stereocenters. The highest BCUT2D eigenvalue weighted by Crippen LogP contribution is 2.23. The molecule has 0 aromatic rings. The number of nitrogens with one attached hydrogen (secondary N) is 1. The molecule has 0 aromatic heterocycles. The van der Waals surface area contributed by atoms with E-state index in [1.165, 1.54) is 45.2 Å². The molecular formula is C11H23N. The molecule has 1 aliphatic rings. The Kier molecular flexibility index (Phi) is 4.67. The van der Waals surface area contributed by atoms with E-state index in [-0.39, 0.29) is 0 Å². The second kappa shape index (κ2) is 5.58. The molecule has 1 N–H and O–H groups in total. The molecule has 1 aliphatic heterocycles. The molecule has 1 heteroatoms. The van der Waals surface area contributed by atoms with Gasteiger partial charge >= 0.3 is 0 Å². The third kappa shape index (κ3) is 3.14. The summed E-state index contributed by atoms with van der Waals surface area (Å²) in [6.45, 7) is 7.17. The van der Waals surface area contributed by atoms with Crippen molar-refractivity contribution in [2.24, 2.45) is 11.8 Å². The highest BCUT2D eigenvalue weighted by atomic mass is 14.9. The van der Waals surface area contributed by atoms with Crippen molar-refractivity contribution in [3.8, 4) is 0 Å². The Hall–Kier alpha value is -0.0400. The van der Waals surface area contributed by atoms with E-state index in [1.54, 1.807) is 0 Å². The first kappa shape index (κ1) is 10.0. The van der Waals surface area contributed by atoms with E-state index in [0.717, 1.165) is 11.8 Å². The Morgan fingerprint density at radius 3 is 2.75 bits per heavy atom. The minimum Gasteiger partial charge on any atom is -0.316 e. The van der Waals surface area contributed by atoms with Gasteiger partial charge < -0.3 is 5.32 Å². The monoisotopic (exact) mass is 169 g/mol. The zero-order valence-electron chi connectivity index (χ0n) is 8.60. The van der Waals surface area contributed by atoms with Crippen molar-refractivity contribution in [2.75, 3.05) is 13.1 Å². The molecule has 0 aliphatic carbocycles. The summed E-state index contributed by atoms with van der Waals surface area (Å²) in [5.41, 5.74) is 0. The molecular weight excluding hydrogens is 146 g/mol. The third-order valence-corrected chi connectivity index (χ3v) is 3.10. The number of hydrogen-bond donors (Lipinski definition) is 1. The standard InChI is InChI=1S/C11H23N/c1-3-5-10(4-2)8-11-6-7-12-9-11/h10-12H,3-9H2,1-2H3. The highest BCUT2D eigenvalue weighted by Gasteiger charge is 2.17. The van der Waals surface area contributed by atoms with E-state index in [9.17, 15) is 0 Å². The van der Waals surface area contributed by atoms with Gasteiger partial charge in [0.1, 0.15) is 0 Å². The predicted molar refractivity (Wildman–Crippen MR) is 54.3 cm³/mol. The van der Waals surface area contributed by atoms with E-state index < -0.39 is 0 Å². The summed E-state index contributed by atoms with van der Waals surface area (Å²) in [6, 6.07) is 0. The van der Waals surface area contributed by atoms with Crippen molar-refractivity contribution in [3.63, 3.8) is 0 Å². The molecule has 0 radical (unpaired) electrons. The molecule has 1 heterocycles. The van der Waals surface area contributed by atoms with E-state index in [2.05, 4.69) is 19.2 Å². The van der Waals surface area contributed by atoms with Crippen LogP contribution in [0.1, 0.15) is 46.0 Å². The zero-order valence-corrected chi connectivity index (χ0v) is 8.60. The second-order valence-electron chi connectivity index (χ2n) is 4.16. The molecule has 1 nitrogen and oxygen atoms in total. The van der Waals surface area contributed by atoms with Gasteiger partial charge in [-0.3, -0.25) is 0 Å². The van der Waals surface area contributed by atoms with Crippen LogP contribution in [0.25, 0.3) is 0 Å². The van der Waals surface area contributed by atoms with Gasteiger partial charge in [-0.25, -0.2) is 0 Å². The Labute approximate surface area is 76.9 Å². The lowest BCUT2D eigenvalue weighted by atomic mass is 9.89. The highest BCUT2D eigenvalue weighted by molar-refractivity contribution is 4.73. The summed E-state index contributed by atoms with van der Waals surface area (Å²) in [5, 5.41) is 3.44. The van der Waals surface area contributed by atoms with Crippen LogP contribution in [0.2, 0.25) is 0 Å². The van der Waals surface area contributed by atoms with Gasteiger partial charge in [-0.1, -0.05) is 33.1 Å². The molecule has 0 saturated carbocycles.